The maximum atomic E-state index is 5.89. The molecule has 2 aromatic heterocycles. The lowest BCUT2D eigenvalue weighted by atomic mass is 10.1. The van der Waals surface area contributed by atoms with Crippen molar-refractivity contribution in [2.75, 3.05) is 11.9 Å². The molecule has 5 nitrogen and oxygen atoms in total. The summed E-state index contributed by atoms with van der Waals surface area (Å²) < 4.78 is 0. The van der Waals surface area contributed by atoms with E-state index < -0.39 is 0 Å². The zero-order valence-corrected chi connectivity index (χ0v) is 10.6. The Hall–Kier alpha value is -2.01. The normalized spacial score (nSPS) is 11.3. The molecule has 0 saturated heterocycles. The lowest BCUT2D eigenvalue weighted by Crippen LogP contribution is -2.39. The van der Waals surface area contributed by atoms with Gasteiger partial charge in [-0.1, -0.05) is 0 Å². The summed E-state index contributed by atoms with van der Waals surface area (Å²) in [4.78, 5) is 3.97. The Balaban J connectivity index is 2.07. The van der Waals surface area contributed by atoms with E-state index >= 15 is 0 Å². The summed E-state index contributed by atoms with van der Waals surface area (Å²) in [5.41, 5.74) is 7.45. The minimum Gasteiger partial charge on any atom is -0.367 e. The number of hydrogen-bond donors (Lipinski definition) is 2. The van der Waals surface area contributed by atoms with Gasteiger partial charge in [-0.2, -0.15) is 0 Å². The Labute approximate surface area is 106 Å². The number of anilines is 1. The molecule has 0 aliphatic heterocycles. The van der Waals surface area contributed by atoms with Gasteiger partial charge in [0.2, 0.25) is 0 Å². The predicted molar refractivity (Wildman–Crippen MR) is 72.0 cm³/mol. The molecular weight excluding hydrogens is 226 g/mol. The second kappa shape index (κ2) is 5.10. The monoisotopic (exact) mass is 243 g/mol. The summed E-state index contributed by atoms with van der Waals surface area (Å²) >= 11 is 0. The SMILES string of the molecule is CC(C)(N)CNc1ccc(-c2ccncc2)nn1. The molecule has 0 fully saturated rings. The molecule has 0 aromatic carbocycles. The zero-order chi connectivity index (χ0) is 13.0. The van der Waals surface area contributed by atoms with E-state index in [1.54, 1.807) is 12.4 Å². The van der Waals surface area contributed by atoms with Crippen molar-refractivity contribution in [2.24, 2.45) is 5.73 Å². The molecule has 0 radical (unpaired) electrons. The van der Waals surface area contributed by atoms with Crippen molar-refractivity contribution < 1.29 is 0 Å². The number of nitrogens with two attached hydrogens (primary N) is 1. The van der Waals surface area contributed by atoms with Gasteiger partial charge in [0.05, 0.1) is 5.69 Å². The summed E-state index contributed by atoms with van der Waals surface area (Å²) in [5.74, 6) is 0.728. The molecule has 18 heavy (non-hydrogen) atoms. The second-order valence-corrected chi connectivity index (χ2v) is 4.88. The molecule has 0 spiro atoms. The van der Waals surface area contributed by atoms with E-state index in [2.05, 4.69) is 20.5 Å². The molecule has 2 heterocycles. The van der Waals surface area contributed by atoms with Gasteiger partial charge in [-0.15, -0.1) is 10.2 Å². The van der Waals surface area contributed by atoms with Crippen molar-refractivity contribution in [3.63, 3.8) is 0 Å². The van der Waals surface area contributed by atoms with Crippen LogP contribution in [-0.4, -0.2) is 27.3 Å². The Morgan fingerprint density at radius 1 is 1.11 bits per heavy atom. The number of nitrogens with one attached hydrogen (secondary N) is 1. The van der Waals surface area contributed by atoms with Crippen LogP contribution >= 0.6 is 0 Å². The lowest BCUT2D eigenvalue weighted by molar-refractivity contribution is 0.548. The van der Waals surface area contributed by atoms with Gasteiger partial charge in [0.25, 0.3) is 0 Å². The average Bonchev–Trinajstić information content (AvgIpc) is 2.37. The summed E-state index contributed by atoms with van der Waals surface area (Å²) in [6.07, 6.45) is 3.47. The molecule has 2 aromatic rings. The number of hydrogen-bond acceptors (Lipinski definition) is 5. The minimum atomic E-state index is -0.272. The molecule has 0 aliphatic carbocycles. The lowest BCUT2D eigenvalue weighted by Gasteiger charge is -2.18. The Morgan fingerprint density at radius 3 is 2.39 bits per heavy atom. The van der Waals surface area contributed by atoms with Crippen LogP contribution < -0.4 is 11.1 Å². The van der Waals surface area contributed by atoms with Crippen LogP contribution in [0.4, 0.5) is 5.82 Å². The van der Waals surface area contributed by atoms with Crippen molar-refractivity contribution in [3.05, 3.63) is 36.7 Å². The Bertz CT molecular complexity index is 487. The van der Waals surface area contributed by atoms with Crippen LogP contribution in [0.25, 0.3) is 11.3 Å². The maximum absolute atomic E-state index is 5.89. The number of nitrogens with zero attached hydrogens (tertiary/aromatic N) is 3. The van der Waals surface area contributed by atoms with Gasteiger partial charge >= 0.3 is 0 Å². The molecular formula is C13H17N5. The van der Waals surface area contributed by atoms with E-state index in [9.17, 15) is 0 Å². The zero-order valence-electron chi connectivity index (χ0n) is 10.6. The highest BCUT2D eigenvalue weighted by Gasteiger charge is 2.10. The fourth-order valence-electron chi connectivity index (χ4n) is 1.42. The maximum Gasteiger partial charge on any atom is 0.148 e. The fraction of sp³-hybridized carbons (Fsp3) is 0.308. The third-order valence-corrected chi connectivity index (χ3v) is 2.37. The first-order chi connectivity index (χ1) is 8.54. The van der Waals surface area contributed by atoms with Gasteiger partial charge in [-0.25, -0.2) is 0 Å². The van der Waals surface area contributed by atoms with Crippen LogP contribution in [-0.2, 0) is 0 Å². The molecule has 0 saturated carbocycles. The van der Waals surface area contributed by atoms with E-state index in [4.69, 9.17) is 5.73 Å². The standard InChI is InChI=1S/C13H17N5/c1-13(2,14)9-16-12-4-3-11(17-18-12)10-5-7-15-8-6-10/h3-8H,9,14H2,1-2H3,(H,16,18). The fourth-order valence-corrected chi connectivity index (χ4v) is 1.42. The Morgan fingerprint density at radius 2 is 1.83 bits per heavy atom. The van der Waals surface area contributed by atoms with Gasteiger partial charge in [0.15, 0.2) is 0 Å². The topological polar surface area (TPSA) is 76.7 Å². The highest BCUT2D eigenvalue weighted by molar-refractivity contribution is 5.58. The van der Waals surface area contributed by atoms with Gasteiger partial charge in [-0.3, -0.25) is 4.98 Å². The van der Waals surface area contributed by atoms with E-state index in [0.29, 0.717) is 6.54 Å². The minimum absolute atomic E-state index is 0.272. The Kier molecular flexibility index (Phi) is 3.53. The van der Waals surface area contributed by atoms with Crippen molar-refractivity contribution >= 4 is 5.82 Å². The highest BCUT2D eigenvalue weighted by atomic mass is 15.2. The third kappa shape index (κ3) is 3.49. The molecule has 94 valence electrons. The first-order valence-electron chi connectivity index (χ1n) is 5.81. The molecule has 0 atom stereocenters. The van der Waals surface area contributed by atoms with Crippen LogP contribution in [0, 0.1) is 0 Å². The smallest absolute Gasteiger partial charge is 0.148 e. The van der Waals surface area contributed by atoms with Crippen LogP contribution in [0.5, 0.6) is 0 Å². The molecule has 0 aliphatic rings. The molecule has 5 heteroatoms. The molecule has 3 N–H and O–H groups in total. The van der Waals surface area contributed by atoms with Crippen molar-refractivity contribution in [1.82, 2.24) is 15.2 Å². The van der Waals surface area contributed by atoms with Gasteiger partial charge in [0.1, 0.15) is 5.82 Å². The van der Waals surface area contributed by atoms with Crippen molar-refractivity contribution in [3.8, 4) is 11.3 Å². The van der Waals surface area contributed by atoms with E-state index in [1.807, 2.05) is 38.1 Å². The van der Waals surface area contributed by atoms with Crippen molar-refractivity contribution in [1.29, 1.82) is 0 Å². The molecule has 0 amide bonds. The van der Waals surface area contributed by atoms with E-state index in [1.165, 1.54) is 0 Å². The summed E-state index contributed by atoms with van der Waals surface area (Å²) in [6.45, 7) is 4.56. The quantitative estimate of drug-likeness (QED) is 0.854. The van der Waals surface area contributed by atoms with Crippen LogP contribution in [0.15, 0.2) is 36.7 Å². The summed E-state index contributed by atoms with van der Waals surface area (Å²) in [7, 11) is 0. The van der Waals surface area contributed by atoms with Crippen LogP contribution in [0.3, 0.4) is 0 Å². The number of aromatic nitrogens is 3. The van der Waals surface area contributed by atoms with Crippen molar-refractivity contribution in [2.45, 2.75) is 19.4 Å². The van der Waals surface area contributed by atoms with Gasteiger partial charge in [-0.05, 0) is 38.1 Å². The first-order valence-corrected chi connectivity index (χ1v) is 5.81. The first kappa shape index (κ1) is 12.4. The molecule has 0 bridgehead atoms. The van der Waals surface area contributed by atoms with Crippen LogP contribution in [0.2, 0.25) is 0 Å². The van der Waals surface area contributed by atoms with E-state index in [0.717, 1.165) is 17.1 Å². The summed E-state index contributed by atoms with van der Waals surface area (Å²) in [5, 5.41) is 11.4. The highest BCUT2D eigenvalue weighted by Crippen LogP contribution is 2.15. The van der Waals surface area contributed by atoms with E-state index in [-0.39, 0.29) is 5.54 Å². The second-order valence-electron chi connectivity index (χ2n) is 4.88. The molecule has 2 rings (SSSR count). The third-order valence-electron chi connectivity index (χ3n) is 2.37. The number of rotatable bonds is 4. The van der Waals surface area contributed by atoms with Gasteiger partial charge < -0.3 is 11.1 Å². The van der Waals surface area contributed by atoms with Gasteiger partial charge in [0, 0.05) is 30.0 Å². The number of pyridine rings is 1. The summed E-state index contributed by atoms with van der Waals surface area (Å²) in [6, 6.07) is 7.63. The largest absolute Gasteiger partial charge is 0.367 e. The predicted octanol–water partition coefficient (Wildman–Crippen LogP) is 1.69. The average molecular weight is 243 g/mol. The van der Waals surface area contributed by atoms with Crippen LogP contribution in [0.1, 0.15) is 13.8 Å². The molecule has 0 unspecified atom stereocenters.